The molecule has 4 amide bonds. The third-order valence-electron chi connectivity index (χ3n) is 10.2. The molecule has 5 aromatic rings. The van der Waals surface area contributed by atoms with Crippen molar-refractivity contribution in [1.29, 1.82) is 0 Å². The lowest BCUT2D eigenvalue weighted by atomic mass is 9.76. The van der Waals surface area contributed by atoms with E-state index in [9.17, 15) is 14.4 Å². The van der Waals surface area contributed by atoms with Crippen LogP contribution in [0.1, 0.15) is 58.1 Å². The molecule has 0 aliphatic carbocycles. The van der Waals surface area contributed by atoms with Crippen molar-refractivity contribution in [2.45, 2.75) is 31.3 Å². The van der Waals surface area contributed by atoms with E-state index in [0.717, 1.165) is 52.0 Å². The fraction of sp³-hybridized carbons (Fsp3) is 0.186. The van der Waals surface area contributed by atoms with Gasteiger partial charge in [0.2, 0.25) is 0 Å². The number of barbiturate groups is 1. The van der Waals surface area contributed by atoms with Gasteiger partial charge in [-0.2, -0.15) is 0 Å². The third kappa shape index (κ3) is 6.37. The number of amides is 4. The number of hydrogen-bond donors (Lipinski definition) is 1. The van der Waals surface area contributed by atoms with E-state index in [1.807, 2.05) is 72.8 Å². The van der Waals surface area contributed by atoms with Crippen LogP contribution in [-0.2, 0) is 16.2 Å². The van der Waals surface area contributed by atoms with Gasteiger partial charge in [-0.3, -0.25) is 14.9 Å². The number of benzene rings is 5. The number of nitrogens with one attached hydrogen (secondary N) is 1. The average molecular weight is 755 g/mol. The van der Waals surface area contributed by atoms with Gasteiger partial charge in [0.25, 0.3) is 11.8 Å². The van der Waals surface area contributed by atoms with E-state index >= 15 is 0 Å². The Kier molecular flexibility index (Phi) is 9.11. The van der Waals surface area contributed by atoms with Gasteiger partial charge in [-0.25, -0.2) is 9.69 Å². The quantitative estimate of drug-likeness (QED) is 0.126. The van der Waals surface area contributed by atoms with Crippen LogP contribution in [0, 0.1) is 0 Å². The molecule has 3 aliphatic rings. The van der Waals surface area contributed by atoms with Gasteiger partial charge in [0, 0.05) is 35.1 Å². The summed E-state index contributed by atoms with van der Waals surface area (Å²) in [4.78, 5) is 44.7. The number of methoxy groups -OCH3 is 1. The molecule has 0 unspecified atom stereocenters. The molecule has 0 spiro atoms. The molecule has 1 fully saturated rings. The Morgan fingerprint density at radius 1 is 0.769 bits per heavy atom. The zero-order valence-electron chi connectivity index (χ0n) is 28.6. The molecule has 260 valence electrons. The maximum Gasteiger partial charge on any atom is 0.335 e. The SMILES string of the molecule is COc1cc(/C=C2\C(=O)NC(=O)N(c3cc4c5c(c3)[C@H](c3ccccc3)CCN5CC[C@@H]4c3ccccc3)C2=O)ccc1OCc1ccc(Br)cc1. The number of carbonyl (C=O) groups is 3. The summed E-state index contributed by atoms with van der Waals surface area (Å²) in [5.74, 6) is -0.321. The van der Waals surface area contributed by atoms with Crippen LogP contribution in [-0.4, -0.2) is 38.0 Å². The van der Waals surface area contributed by atoms with Gasteiger partial charge in [0.05, 0.1) is 12.8 Å². The lowest BCUT2D eigenvalue weighted by Crippen LogP contribution is -2.54. The molecule has 0 radical (unpaired) electrons. The third-order valence-corrected chi connectivity index (χ3v) is 10.7. The Morgan fingerprint density at radius 3 is 1.98 bits per heavy atom. The smallest absolute Gasteiger partial charge is 0.335 e. The van der Waals surface area contributed by atoms with Crippen molar-refractivity contribution in [1.82, 2.24) is 5.32 Å². The summed E-state index contributed by atoms with van der Waals surface area (Å²) in [5.41, 5.74) is 7.53. The molecule has 3 aliphatic heterocycles. The van der Waals surface area contributed by atoms with Crippen LogP contribution >= 0.6 is 15.9 Å². The second-order valence-electron chi connectivity index (χ2n) is 13.2. The maximum atomic E-state index is 14.3. The van der Waals surface area contributed by atoms with E-state index in [2.05, 4.69) is 50.4 Å². The van der Waals surface area contributed by atoms with Crippen LogP contribution in [0.3, 0.4) is 0 Å². The van der Waals surface area contributed by atoms with Crippen molar-refractivity contribution in [3.8, 4) is 11.5 Å². The zero-order chi connectivity index (χ0) is 35.8. The van der Waals surface area contributed by atoms with Crippen molar-refractivity contribution in [3.63, 3.8) is 0 Å². The molecular formula is C43H36BrN3O5. The van der Waals surface area contributed by atoms with Gasteiger partial charge < -0.3 is 14.4 Å². The van der Waals surface area contributed by atoms with Crippen LogP contribution in [0.2, 0.25) is 0 Å². The van der Waals surface area contributed by atoms with Gasteiger partial charge in [0.1, 0.15) is 12.2 Å². The van der Waals surface area contributed by atoms with Gasteiger partial charge in [-0.1, -0.05) is 94.8 Å². The van der Waals surface area contributed by atoms with Crippen molar-refractivity contribution in [2.75, 3.05) is 30.0 Å². The normalized spacial score (nSPS) is 19.0. The van der Waals surface area contributed by atoms with Crippen molar-refractivity contribution >= 4 is 51.2 Å². The van der Waals surface area contributed by atoms with E-state index in [1.165, 1.54) is 30.0 Å². The number of imide groups is 2. The van der Waals surface area contributed by atoms with Crippen molar-refractivity contribution in [3.05, 3.63) is 159 Å². The minimum absolute atomic E-state index is 0.0808. The second kappa shape index (κ2) is 14.2. The summed E-state index contributed by atoms with van der Waals surface area (Å²) >= 11 is 3.45. The molecule has 9 heteroatoms. The maximum absolute atomic E-state index is 14.3. The molecular weight excluding hydrogens is 718 g/mol. The molecule has 3 heterocycles. The molecule has 2 atom stereocenters. The highest BCUT2D eigenvalue weighted by Gasteiger charge is 2.40. The summed E-state index contributed by atoms with van der Waals surface area (Å²) in [6.45, 7) is 2.17. The van der Waals surface area contributed by atoms with E-state index in [0.29, 0.717) is 29.4 Å². The molecule has 52 heavy (non-hydrogen) atoms. The Bertz CT molecular complexity index is 2130. The first-order valence-corrected chi connectivity index (χ1v) is 18.2. The largest absolute Gasteiger partial charge is 0.493 e. The monoisotopic (exact) mass is 753 g/mol. The van der Waals surface area contributed by atoms with E-state index in [-0.39, 0.29) is 17.4 Å². The molecule has 0 saturated carbocycles. The van der Waals surface area contributed by atoms with Crippen LogP contribution in [0.5, 0.6) is 11.5 Å². The predicted molar refractivity (Wildman–Crippen MR) is 205 cm³/mol. The molecule has 1 N–H and O–H groups in total. The van der Waals surface area contributed by atoms with E-state index in [4.69, 9.17) is 9.47 Å². The van der Waals surface area contributed by atoms with Gasteiger partial charge in [0.15, 0.2) is 11.5 Å². The number of anilines is 2. The Balaban J connectivity index is 1.17. The number of ether oxygens (including phenoxy) is 2. The molecule has 0 bridgehead atoms. The van der Waals surface area contributed by atoms with Crippen LogP contribution < -0.4 is 24.6 Å². The van der Waals surface area contributed by atoms with Crippen molar-refractivity contribution in [2.24, 2.45) is 0 Å². The summed E-state index contributed by atoms with van der Waals surface area (Å²) in [6, 6.07) is 37.0. The highest BCUT2D eigenvalue weighted by molar-refractivity contribution is 9.10. The summed E-state index contributed by atoms with van der Waals surface area (Å²) in [5, 5.41) is 2.43. The van der Waals surface area contributed by atoms with Gasteiger partial charge >= 0.3 is 6.03 Å². The Hall–Kier alpha value is -5.67. The first-order chi connectivity index (χ1) is 25.4. The average Bonchev–Trinajstić information content (AvgIpc) is 3.17. The van der Waals surface area contributed by atoms with Crippen LogP contribution in [0.25, 0.3) is 6.08 Å². The minimum atomic E-state index is -0.774. The highest BCUT2D eigenvalue weighted by Crippen LogP contribution is 2.50. The molecule has 1 saturated heterocycles. The summed E-state index contributed by atoms with van der Waals surface area (Å²) < 4.78 is 12.6. The fourth-order valence-electron chi connectivity index (χ4n) is 7.66. The lowest BCUT2D eigenvalue weighted by Gasteiger charge is -2.44. The minimum Gasteiger partial charge on any atom is -0.493 e. The zero-order valence-corrected chi connectivity index (χ0v) is 30.1. The lowest BCUT2D eigenvalue weighted by molar-refractivity contribution is -0.122. The Morgan fingerprint density at radius 2 is 1.38 bits per heavy atom. The second-order valence-corrected chi connectivity index (χ2v) is 14.2. The van der Waals surface area contributed by atoms with Crippen molar-refractivity contribution < 1.29 is 23.9 Å². The van der Waals surface area contributed by atoms with Gasteiger partial charge in [-0.05, 0) is 88.7 Å². The number of rotatable bonds is 8. The van der Waals surface area contributed by atoms with E-state index in [1.54, 1.807) is 18.2 Å². The van der Waals surface area contributed by atoms with Crippen LogP contribution in [0.15, 0.2) is 125 Å². The number of nitrogens with zero attached hydrogens (tertiary/aromatic N) is 2. The number of halogens is 1. The first-order valence-electron chi connectivity index (χ1n) is 17.4. The number of carbonyl (C=O) groups excluding carboxylic acids is 3. The first kappa shape index (κ1) is 33.5. The highest BCUT2D eigenvalue weighted by atomic mass is 79.9. The predicted octanol–water partition coefficient (Wildman–Crippen LogP) is 8.58. The van der Waals surface area contributed by atoms with Crippen LogP contribution in [0.4, 0.5) is 16.2 Å². The van der Waals surface area contributed by atoms with Gasteiger partial charge in [-0.15, -0.1) is 0 Å². The molecule has 0 aromatic heterocycles. The van der Waals surface area contributed by atoms with E-state index < -0.39 is 17.8 Å². The standard InChI is InChI=1S/C43H36BrN3O5/c1-51-39-23-28(14-17-38(39)52-26-27-12-15-31(44)16-13-27)22-37-41(48)45-43(50)47(42(37)49)32-24-35-33(29-8-4-2-5-9-29)18-20-46-21-19-34(36(25-32)40(35)46)30-10-6-3-7-11-30/h2-17,22-25,33-34H,18-21,26H2,1H3,(H,45,48,50)/b37-22+/t33-,34+. The molecule has 8 rings (SSSR count). The summed E-state index contributed by atoms with van der Waals surface area (Å²) in [7, 11) is 1.53. The Labute approximate surface area is 310 Å². The number of urea groups is 1. The molecule has 5 aromatic carbocycles. The number of hydrogen-bond acceptors (Lipinski definition) is 6. The topological polar surface area (TPSA) is 88.2 Å². The molecule has 8 nitrogen and oxygen atoms in total. The fourth-order valence-corrected chi connectivity index (χ4v) is 7.93. The summed E-state index contributed by atoms with van der Waals surface area (Å²) in [6.07, 6.45) is 3.30.